The second-order valence-electron chi connectivity index (χ2n) is 15.0. The average molecular weight is 707 g/mol. The van der Waals surface area contributed by atoms with Crippen LogP contribution in [0.25, 0.3) is 0 Å². The van der Waals surface area contributed by atoms with Crippen molar-refractivity contribution in [3.8, 4) is 0 Å². The van der Waals surface area contributed by atoms with Crippen LogP contribution in [0.5, 0.6) is 0 Å². The van der Waals surface area contributed by atoms with Crippen LogP contribution in [0.1, 0.15) is 88.5 Å². The van der Waals surface area contributed by atoms with E-state index in [2.05, 4.69) is 5.32 Å². The molecule has 1 amide bonds. The van der Waals surface area contributed by atoms with E-state index in [9.17, 15) is 36.9 Å². The Hall–Kier alpha value is -2.66. The number of carbonyl (C=O) groups is 5. The molecule has 0 aromatic carbocycles. The van der Waals surface area contributed by atoms with Crippen molar-refractivity contribution in [2.45, 2.75) is 117 Å². The van der Waals surface area contributed by atoms with Crippen molar-refractivity contribution in [1.82, 2.24) is 20.0 Å². The minimum Gasteiger partial charge on any atom is -0.459 e. The standard InChI is InChI=1S/C32H58N4O11S/c1-11-25(37)23(22-48(42,43)44)33-26(38)13-12-24(29(41)47-32(8,9)10)36-18-16-34(20-27(39)45-30(2,3)4)14-15-35(17-19-36)21-28(40)46-31(5,6)7/h23-24H,11-22H2,1-10H3,(H,33,38)(H,42,43,44). The third-order valence-electron chi connectivity index (χ3n) is 6.90. The normalized spacial score (nSPS) is 17.6. The Bertz CT molecular complexity index is 1180. The molecule has 1 heterocycles. The molecule has 1 fully saturated rings. The molecule has 278 valence electrons. The molecule has 1 aliphatic heterocycles. The molecular formula is C32H58N4O11S. The maximum atomic E-state index is 13.6. The zero-order chi connectivity index (χ0) is 37.1. The number of carbonyl (C=O) groups excluding carboxylic acids is 5. The van der Waals surface area contributed by atoms with Gasteiger partial charge >= 0.3 is 17.9 Å². The van der Waals surface area contributed by atoms with Gasteiger partial charge in [-0.3, -0.25) is 43.2 Å². The summed E-state index contributed by atoms with van der Waals surface area (Å²) >= 11 is 0. The van der Waals surface area contributed by atoms with Crippen molar-refractivity contribution < 1.29 is 51.2 Å². The van der Waals surface area contributed by atoms with Crippen LogP contribution in [0.2, 0.25) is 0 Å². The third kappa shape index (κ3) is 19.4. The van der Waals surface area contributed by atoms with Crippen LogP contribution in [0.4, 0.5) is 0 Å². The van der Waals surface area contributed by atoms with Gasteiger partial charge in [0.2, 0.25) is 5.91 Å². The van der Waals surface area contributed by atoms with Crippen molar-refractivity contribution in [3.05, 3.63) is 0 Å². The molecule has 0 spiro atoms. The number of ketones is 1. The average Bonchev–Trinajstić information content (AvgIpc) is 2.95. The molecule has 0 aromatic rings. The second kappa shape index (κ2) is 18.4. The number of nitrogens with one attached hydrogen (secondary N) is 1. The Morgan fingerprint density at radius 2 is 1.15 bits per heavy atom. The monoisotopic (exact) mass is 706 g/mol. The lowest BCUT2D eigenvalue weighted by Gasteiger charge is -2.34. The quantitative estimate of drug-likeness (QED) is 0.150. The summed E-state index contributed by atoms with van der Waals surface area (Å²) in [4.78, 5) is 70.0. The summed E-state index contributed by atoms with van der Waals surface area (Å²) in [6.45, 7) is 19.4. The van der Waals surface area contributed by atoms with Crippen LogP contribution in [-0.4, -0.2) is 144 Å². The van der Waals surface area contributed by atoms with Gasteiger partial charge in [-0.25, -0.2) is 0 Å². The van der Waals surface area contributed by atoms with Crippen LogP contribution in [0.3, 0.4) is 0 Å². The lowest BCUT2D eigenvalue weighted by molar-refractivity contribution is -0.163. The first-order valence-electron chi connectivity index (χ1n) is 16.4. The number of nitrogens with zero attached hydrogens (tertiary/aromatic N) is 3. The molecule has 0 aromatic heterocycles. The largest absolute Gasteiger partial charge is 0.459 e. The number of amides is 1. The molecule has 1 rings (SSSR count). The van der Waals surface area contributed by atoms with Gasteiger partial charge in [-0.2, -0.15) is 8.42 Å². The Morgan fingerprint density at radius 1 is 0.729 bits per heavy atom. The molecule has 0 radical (unpaired) electrons. The number of Topliss-reactive ketones (excluding diaryl/α,β-unsaturated/α-hetero) is 1. The first-order chi connectivity index (χ1) is 21.8. The highest BCUT2D eigenvalue weighted by molar-refractivity contribution is 7.85. The molecule has 2 atom stereocenters. The number of ether oxygens (including phenoxy) is 3. The van der Waals surface area contributed by atoms with Gasteiger partial charge in [-0.1, -0.05) is 6.92 Å². The first-order valence-corrected chi connectivity index (χ1v) is 18.0. The van der Waals surface area contributed by atoms with Gasteiger partial charge in [0.15, 0.2) is 5.78 Å². The summed E-state index contributed by atoms with van der Waals surface area (Å²) in [7, 11) is -4.56. The third-order valence-corrected chi connectivity index (χ3v) is 7.65. The smallest absolute Gasteiger partial charge is 0.323 e. The van der Waals surface area contributed by atoms with Crippen molar-refractivity contribution >= 4 is 39.7 Å². The highest BCUT2D eigenvalue weighted by Gasteiger charge is 2.34. The molecule has 15 nitrogen and oxygen atoms in total. The first kappa shape index (κ1) is 43.4. The fourth-order valence-corrected chi connectivity index (χ4v) is 5.61. The van der Waals surface area contributed by atoms with E-state index in [1.807, 2.05) is 14.7 Å². The van der Waals surface area contributed by atoms with E-state index in [0.717, 1.165) is 0 Å². The number of rotatable bonds is 14. The van der Waals surface area contributed by atoms with Crippen LogP contribution in [0, 0.1) is 0 Å². The highest BCUT2D eigenvalue weighted by Crippen LogP contribution is 2.18. The number of hydrogen-bond acceptors (Lipinski definition) is 13. The van der Waals surface area contributed by atoms with Gasteiger partial charge in [-0.05, 0) is 68.7 Å². The van der Waals surface area contributed by atoms with E-state index in [-0.39, 0.29) is 32.4 Å². The molecular weight excluding hydrogens is 648 g/mol. The van der Waals surface area contributed by atoms with Gasteiger partial charge in [-0.15, -0.1) is 0 Å². The molecule has 48 heavy (non-hydrogen) atoms. The predicted molar refractivity (Wildman–Crippen MR) is 179 cm³/mol. The molecule has 0 bridgehead atoms. The zero-order valence-electron chi connectivity index (χ0n) is 30.4. The lowest BCUT2D eigenvalue weighted by Crippen LogP contribution is -2.50. The van der Waals surface area contributed by atoms with Gasteiger partial charge in [0.1, 0.15) is 34.6 Å². The second-order valence-corrected chi connectivity index (χ2v) is 16.5. The van der Waals surface area contributed by atoms with Crippen molar-refractivity contribution in [2.24, 2.45) is 0 Å². The molecule has 0 saturated carbocycles. The van der Waals surface area contributed by atoms with Crippen molar-refractivity contribution in [2.75, 3.05) is 58.1 Å². The van der Waals surface area contributed by atoms with E-state index in [1.165, 1.54) is 6.92 Å². The van der Waals surface area contributed by atoms with Gasteiger partial charge in [0.25, 0.3) is 10.1 Å². The molecule has 1 saturated heterocycles. The minimum atomic E-state index is -4.56. The van der Waals surface area contributed by atoms with Crippen molar-refractivity contribution in [3.63, 3.8) is 0 Å². The van der Waals surface area contributed by atoms with Crippen LogP contribution >= 0.6 is 0 Å². The summed E-state index contributed by atoms with van der Waals surface area (Å²) in [5.74, 6) is -3.65. The minimum absolute atomic E-state index is 0.0223. The van der Waals surface area contributed by atoms with Gasteiger partial charge in [0, 0.05) is 52.1 Å². The summed E-state index contributed by atoms with van der Waals surface area (Å²) in [6, 6.07) is -2.38. The SMILES string of the molecule is CCC(=O)C(CS(=O)(=O)O)NC(=O)CCC(C(=O)OC(C)(C)C)N1CCN(CC(=O)OC(C)(C)C)CCN(CC(=O)OC(C)(C)C)CC1. The highest BCUT2D eigenvalue weighted by atomic mass is 32.2. The summed E-state index contributed by atoms with van der Waals surface area (Å²) < 4.78 is 49.0. The lowest BCUT2D eigenvalue weighted by atomic mass is 10.1. The fourth-order valence-electron chi connectivity index (χ4n) is 4.92. The molecule has 2 unspecified atom stereocenters. The molecule has 16 heteroatoms. The van der Waals surface area contributed by atoms with E-state index in [0.29, 0.717) is 39.3 Å². The van der Waals surface area contributed by atoms with Gasteiger partial charge in [0.05, 0.1) is 13.1 Å². The maximum Gasteiger partial charge on any atom is 0.323 e. The Kier molecular flexibility index (Phi) is 16.6. The van der Waals surface area contributed by atoms with Crippen LogP contribution in [-0.2, 0) is 48.3 Å². The van der Waals surface area contributed by atoms with E-state index in [4.69, 9.17) is 14.2 Å². The molecule has 1 aliphatic rings. The Balaban J connectivity index is 3.33. The number of esters is 3. The fraction of sp³-hybridized carbons (Fsp3) is 0.844. The summed E-state index contributed by atoms with van der Waals surface area (Å²) in [6.07, 6.45) is -0.366. The molecule has 0 aliphatic carbocycles. The van der Waals surface area contributed by atoms with E-state index in [1.54, 1.807) is 62.3 Å². The number of hydrogen-bond donors (Lipinski definition) is 2. The van der Waals surface area contributed by atoms with E-state index >= 15 is 0 Å². The van der Waals surface area contributed by atoms with Crippen LogP contribution < -0.4 is 5.32 Å². The topological polar surface area (TPSA) is 189 Å². The molecule has 2 N–H and O–H groups in total. The summed E-state index contributed by atoms with van der Waals surface area (Å²) in [5.41, 5.74) is -2.22. The van der Waals surface area contributed by atoms with Crippen LogP contribution in [0.15, 0.2) is 0 Å². The Labute approximate surface area is 286 Å². The predicted octanol–water partition coefficient (Wildman–Crippen LogP) is 1.43. The summed E-state index contributed by atoms with van der Waals surface area (Å²) in [5, 5.41) is 2.38. The van der Waals surface area contributed by atoms with Gasteiger partial charge < -0.3 is 19.5 Å². The maximum absolute atomic E-state index is 13.6. The van der Waals surface area contributed by atoms with Crippen molar-refractivity contribution in [1.29, 1.82) is 0 Å². The van der Waals surface area contributed by atoms with E-state index < -0.39 is 74.4 Å². The Morgan fingerprint density at radius 3 is 1.52 bits per heavy atom. The zero-order valence-corrected chi connectivity index (χ0v) is 31.2.